The maximum Gasteiger partial charge on any atom is 0.411 e. The third-order valence-electron chi connectivity index (χ3n) is 8.51. The molecule has 0 spiro atoms. The van der Waals surface area contributed by atoms with Crippen LogP contribution in [0.2, 0.25) is 0 Å². The summed E-state index contributed by atoms with van der Waals surface area (Å²) in [7, 11) is 0. The van der Waals surface area contributed by atoms with Crippen molar-refractivity contribution in [2.24, 2.45) is 0 Å². The number of phenols is 1. The van der Waals surface area contributed by atoms with Gasteiger partial charge in [0.1, 0.15) is 11.9 Å². The zero-order valence-electron chi connectivity index (χ0n) is 27.3. The predicted molar refractivity (Wildman–Crippen MR) is 189 cm³/mol. The van der Waals surface area contributed by atoms with E-state index in [1.165, 1.54) is 12.1 Å². The Hall–Kier alpha value is -5.23. The highest BCUT2D eigenvalue weighted by molar-refractivity contribution is 5.91. The highest BCUT2D eigenvalue weighted by Gasteiger charge is 2.23. The summed E-state index contributed by atoms with van der Waals surface area (Å²) in [6.07, 6.45) is 0.843. The van der Waals surface area contributed by atoms with Gasteiger partial charge in [-0.1, -0.05) is 78.9 Å². The number of piperidine rings is 1. The molecule has 1 atom stereocenters. The summed E-state index contributed by atoms with van der Waals surface area (Å²) in [5.41, 5.74) is 5.48. The van der Waals surface area contributed by atoms with Crippen molar-refractivity contribution in [2.45, 2.75) is 44.6 Å². The van der Waals surface area contributed by atoms with Crippen molar-refractivity contribution in [1.29, 1.82) is 0 Å². The molecule has 0 bridgehead atoms. The average Bonchev–Trinajstić information content (AvgIpc) is 3.12. The molecular weight excluding hydrogens is 622 g/mol. The lowest BCUT2D eigenvalue weighted by Gasteiger charge is -2.31. The van der Waals surface area contributed by atoms with Crippen LogP contribution in [0.4, 0.5) is 16.2 Å². The standard InChI is InChI=1S/C38H43N5O6/c44-26-41-34-22-30(14-15-35(34)45)36(46)25-39-23-27-10-12-28(13-11-27)24-40-37(47)18-21-43-19-16-31(17-20-43)49-38(48)42-33-9-5-4-8-32(33)29-6-2-1-3-7-29/h1-15,22,26,31,36,39,45-46H,16-21,23-25H2,(H,40,47)(H,41,44)(H,42,48)/t36-/m0/s1. The molecule has 4 aromatic carbocycles. The van der Waals surface area contributed by atoms with Gasteiger partial charge in [-0.2, -0.15) is 0 Å². The largest absolute Gasteiger partial charge is 0.506 e. The maximum absolute atomic E-state index is 12.7. The number of nitrogens with one attached hydrogen (secondary N) is 4. The van der Waals surface area contributed by atoms with Crippen molar-refractivity contribution in [1.82, 2.24) is 15.5 Å². The number of rotatable bonds is 15. The number of carbonyl (C=O) groups is 3. The number of ether oxygens (including phenoxy) is 1. The fourth-order valence-electron chi connectivity index (χ4n) is 5.74. The molecule has 6 N–H and O–H groups in total. The Kier molecular flexibility index (Phi) is 12.7. The van der Waals surface area contributed by atoms with Crippen molar-refractivity contribution < 1.29 is 29.3 Å². The van der Waals surface area contributed by atoms with E-state index in [9.17, 15) is 24.6 Å². The lowest BCUT2D eigenvalue weighted by atomic mass is 10.0. The topological polar surface area (TPSA) is 152 Å². The molecule has 49 heavy (non-hydrogen) atoms. The number of para-hydroxylation sites is 1. The number of likely N-dealkylation sites (tertiary alicyclic amines) is 1. The van der Waals surface area contributed by atoms with Crippen LogP contribution in [-0.4, -0.2) is 65.8 Å². The van der Waals surface area contributed by atoms with Crippen molar-refractivity contribution >= 4 is 29.8 Å². The highest BCUT2D eigenvalue weighted by Crippen LogP contribution is 2.28. The number of benzene rings is 4. The minimum atomic E-state index is -0.817. The highest BCUT2D eigenvalue weighted by atomic mass is 16.6. The first kappa shape index (κ1) is 35.1. The van der Waals surface area contributed by atoms with Crippen molar-refractivity contribution in [3.63, 3.8) is 0 Å². The van der Waals surface area contributed by atoms with E-state index in [1.54, 1.807) is 6.07 Å². The Bertz CT molecular complexity index is 1680. The first-order valence-electron chi connectivity index (χ1n) is 16.5. The number of phenolic OH excluding ortho intramolecular Hbond substituents is 1. The molecule has 1 aliphatic rings. The second-order valence-electron chi connectivity index (χ2n) is 12.0. The summed E-state index contributed by atoms with van der Waals surface area (Å²) >= 11 is 0. The zero-order valence-corrected chi connectivity index (χ0v) is 27.3. The van der Waals surface area contributed by atoms with Gasteiger partial charge >= 0.3 is 6.09 Å². The van der Waals surface area contributed by atoms with E-state index in [0.717, 1.165) is 35.3 Å². The van der Waals surface area contributed by atoms with Gasteiger partial charge in [0.15, 0.2) is 0 Å². The number of nitrogens with zero attached hydrogens (tertiary/aromatic N) is 1. The Labute approximate surface area is 286 Å². The van der Waals surface area contributed by atoms with E-state index in [4.69, 9.17) is 4.74 Å². The maximum atomic E-state index is 12.7. The summed E-state index contributed by atoms with van der Waals surface area (Å²) in [5, 5.41) is 31.8. The molecule has 0 saturated carbocycles. The Balaban J connectivity index is 0.954. The molecule has 11 nitrogen and oxygen atoms in total. The van der Waals surface area contributed by atoms with Crippen LogP contribution in [0.1, 0.15) is 42.1 Å². The van der Waals surface area contributed by atoms with E-state index in [-0.39, 0.29) is 30.0 Å². The monoisotopic (exact) mass is 665 g/mol. The number of aromatic hydroxyl groups is 1. The van der Waals surface area contributed by atoms with Crippen LogP contribution in [0, 0.1) is 0 Å². The van der Waals surface area contributed by atoms with E-state index in [2.05, 4.69) is 26.2 Å². The molecule has 1 aliphatic heterocycles. The number of amides is 3. The molecule has 1 saturated heterocycles. The van der Waals surface area contributed by atoms with Crippen molar-refractivity contribution in [3.8, 4) is 16.9 Å². The molecule has 0 unspecified atom stereocenters. The number of aliphatic hydroxyl groups excluding tert-OH is 1. The quantitative estimate of drug-likeness (QED) is 0.0752. The summed E-state index contributed by atoms with van der Waals surface area (Å²) in [4.78, 5) is 38.2. The molecule has 11 heteroatoms. The van der Waals surface area contributed by atoms with Crippen LogP contribution in [0.3, 0.4) is 0 Å². The van der Waals surface area contributed by atoms with Gasteiger partial charge in [-0.05, 0) is 53.3 Å². The minimum absolute atomic E-state index is 0.0182. The third kappa shape index (κ3) is 10.6. The Morgan fingerprint density at radius 3 is 2.31 bits per heavy atom. The third-order valence-corrected chi connectivity index (χ3v) is 8.51. The van der Waals surface area contributed by atoms with Gasteiger partial charge in [-0.15, -0.1) is 0 Å². The second kappa shape index (κ2) is 17.8. The SMILES string of the molecule is O=CNc1cc([C@@H](O)CNCc2ccc(CNC(=O)CCN3CCC(OC(=O)Nc4ccccc4-c4ccccc4)CC3)cc2)ccc1O. The molecule has 4 aromatic rings. The van der Waals surface area contributed by atoms with Gasteiger partial charge in [-0.3, -0.25) is 14.9 Å². The first-order chi connectivity index (χ1) is 23.9. The minimum Gasteiger partial charge on any atom is -0.506 e. The van der Waals surface area contributed by atoms with Gasteiger partial charge in [0.25, 0.3) is 0 Å². The molecular formula is C38H43N5O6. The van der Waals surface area contributed by atoms with E-state index >= 15 is 0 Å². The summed E-state index contributed by atoms with van der Waals surface area (Å²) in [6.45, 7) is 3.41. The molecule has 1 fully saturated rings. The molecule has 256 valence electrons. The van der Waals surface area contributed by atoms with Crippen LogP contribution in [0.5, 0.6) is 5.75 Å². The smallest absolute Gasteiger partial charge is 0.411 e. The van der Waals surface area contributed by atoms with Gasteiger partial charge < -0.3 is 35.8 Å². The number of hydrogen-bond acceptors (Lipinski definition) is 8. The predicted octanol–water partition coefficient (Wildman–Crippen LogP) is 5.17. The molecule has 3 amide bonds. The lowest BCUT2D eigenvalue weighted by molar-refractivity contribution is -0.121. The van der Waals surface area contributed by atoms with Crippen LogP contribution < -0.4 is 21.3 Å². The van der Waals surface area contributed by atoms with E-state index in [1.807, 2.05) is 78.9 Å². The fraction of sp³-hybridized carbons (Fsp3) is 0.289. The number of aliphatic hydroxyl groups is 1. The van der Waals surface area contributed by atoms with Crippen LogP contribution in [0.25, 0.3) is 11.1 Å². The van der Waals surface area contributed by atoms with Crippen LogP contribution in [0.15, 0.2) is 97.1 Å². The summed E-state index contributed by atoms with van der Waals surface area (Å²) in [5.74, 6) is -0.0878. The summed E-state index contributed by atoms with van der Waals surface area (Å²) < 4.78 is 5.73. The molecule has 1 heterocycles. The van der Waals surface area contributed by atoms with Crippen LogP contribution >= 0.6 is 0 Å². The fourth-order valence-corrected chi connectivity index (χ4v) is 5.74. The second-order valence-corrected chi connectivity index (χ2v) is 12.0. The molecule has 0 aliphatic carbocycles. The van der Waals surface area contributed by atoms with Crippen molar-refractivity contribution in [3.05, 3.63) is 114 Å². The lowest BCUT2D eigenvalue weighted by Crippen LogP contribution is -2.40. The van der Waals surface area contributed by atoms with E-state index in [0.29, 0.717) is 56.6 Å². The van der Waals surface area contributed by atoms with Crippen molar-refractivity contribution in [2.75, 3.05) is 36.8 Å². The number of carbonyl (C=O) groups excluding carboxylic acids is 3. The Morgan fingerprint density at radius 2 is 1.57 bits per heavy atom. The Morgan fingerprint density at radius 1 is 0.878 bits per heavy atom. The number of anilines is 2. The first-order valence-corrected chi connectivity index (χ1v) is 16.5. The van der Waals surface area contributed by atoms with E-state index < -0.39 is 12.2 Å². The average molecular weight is 666 g/mol. The number of hydrogen-bond donors (Lipinski definition) is 6. The van der Waals surface area contributed by atoms with Gasteiger partial charge in [0, 0.05) is 51.3 Å². The molecule has 0 radical (unpaired) electrons. The normalized spacial score (nSPS) is 14.1. The van der Waals surface area contributed by atoms with Gasteiger partial charge in [0.05, 0.1) is 17.5 Å². The van der Waals surface area contributed by atoms with Crippen LogP contribution in [-0.2, 0) is 27.4 Å². The molecule has 0 aromatic heterocycles. The summed E-state index contributed by atoms with van der Waals surface area (Å²) in [6, 6.07) is 30.0. The van der Waals surface area contributed by atoms with Gasteiger partial charge in [0.2, 0.25) is 12.3 Å². The van der Waals surface area contributed by atoms with Gasteiger partial charge in [-0.25, -0.2) is 4.79 Å². The zero-order chi connectivity index (χ0) is 34.4. The molecule has 5 rings (SSSR count).